The zero-order valence-electron chi connectivity index (χ0n) is 8.82. The molecule has 10 heteroatoms. The van der Waals surface area contributed by atoms with Gasteiger partial charge in [-0.2, -0.15) is 13.2 Å². The molecule has 0 bridgehead atoms. The molecular formula is C7H11F3N2O4S. The first-order valence-corrected chi connectivity index (χ1v) is 5.72. The van der Waals surface area contributed by atoms with Crippen molar-refractivity contribution in [2.45, 2.75) is 12.4 Å². The zero-order chi connectivity index (χ0) is 12.9. The van der Waals surface area contributed by atoms with Gasteiger partial charge in [0.05, 0.1) is 0 Å². The molecule has 1 N–H and O–H groups in total. The summed E-state index contributed by atoms with van der Waals surface area (Å²) in [6.45, 7) is 0.744. The lowest BCUT2D eigenvalue weighted by atomic mass is 10.4. The molecule has 0 radical (unpaired) electrons. The number of rotatable bonds is 4. The Labute approximate surface area is 99.4 Å². The zero-order valence-corrected chi connectivity index (χ0v) is 9.64. The number of esters is 1. The molecule has 1 unspecified atom stereocenters. The Morgan fingerprint density at radius 1 is 1.53 bits per heavy atom. The number of ether oxygens (including phenoxy) is 1. The lowest BCUT2D eigenvalue weighted by Gasteiger charge is -2.32. The van der Waals surface area contributed by atoms with E-state index in [1.165, 1.54) is 0 Å². The second-order valence-electron chi connectivity index (χ2n) is 3.01. The summed E-state index contributed by atoms with van der Waals surface area (Å²) >= 11 is 0.875. The molecule has 1 atom stereocenters. The first-order valence-electron chi connectivity index (χ1n) is 4.57. The maximum Gasteiger partial charge on any atom is 0.490 e. The van der Waals surface area contributed by atoms with Gasteiger partial charge in [0.25, 0.3) is 0 Å². The quantitative estimate of drug-likeness (QED) is 0.346. The molecule has 0 aliphatic carbocycles. The van der Waals surface area contributed by atoms with Crippen molar-refractivity contribution in [3.05, 3.63) is 0 Å². The molecule has 0 aromatic carbocycles. The van der Waals surface area contributed by atoms with Crippen LogP contribution in [0.15, 0.2) is 0 Å². The first-order chi connectivity index (χ1) is 7.95. The number of hydroxylamine groups is 2. The van der Waals surface area contributed by atoms with Gasteiger partial charge in [-0.05, 0) is 0 Å². The molecule has 6 nitrogen and oxygen atoms in total. The van der Waals surface area contributed by atoms with E-state index in [2.05, 4.69) is 19.4 Å². The van der Waals surface area contributed by atoms with Crippen LogP contribution in [0.3, 0.4) is 0 Å². The maximum absolute atomic E-state index is 12.0. The van der Waals surface area contributed by atoms with E-state index in [1.54, 1.807) is 6.26 Å². The summed E-state index contributed by atoms with van der Waals surface area (Å²) in [7, 11) is 0. The number of hydrogen-bond acceptors (Lipinski definition) is 7. The highest BCUT2D eigenvalue weighted by molar-refractivity contribution is 7.93. The summed E-state index contributed by atoms with van der Waals surface area (Å²) in [5.74, 6) is -2.26. The molecule has 0 saturated carbocycles. The Bertz CT molecular complexity index is 266. The van der Waals surface area contributed by atoms with Crippen molar-refractivity contribution < 1.29 is 32.0 Å². The molecule has 0 spiro atoms. The van der Waals surface area contributed by atoms with Gasteiger partial charge in [-0.25, -0.2) is 4.79 Å². The Balaban J connectivity index is 2.50. The Morgan fingerprint density at radius 3 is 2.82 bits per heavy atom. The van der Waals surface area contributed by atoms with E-state index in [9.17, 15) is 18.0 Å². The summed E-state index contributed by atoms with van der Waals surface area (Å²) in [6, 6.07) is 0. The number of hydrogen-bond donors (Lipinski definition) is 1. The van der Waals surface area contributed by atoms with E-state index in [1.807, 2.05) is 0 Å². The number of carbonyl (C=O) groups excluding carboxylic acids is 1. The van der Waals surface area contributed by atoms with Gasteiger partial charge in [0, 0.05) is 37.9 Å². The van der Waals surface area contributed by atoms with Crippen molar-refractivity contribution in [2.24, 2.45) is 0 Å². The van der Waals surface area contributed by atoms with E-state index < -0.39 is 18.4 Å². The molecule has 1 aliphatic heterocycles. The van der Waals surface area contributed by atoms with Crippen LogP contribution in [0.25, 0.3) is 0 Å². The summed E-state index contributed by atoms with van der Waals surface area (Å²) in [6.07, 6.45) is -4.63. The van der Waals surface area contributed by atoms with Crippen LogP contribution in [0.5, 0.6) is 0 Å². The normalized spacial score (nSPS) is 22.5. The van der Waals surface area contributed by atoms with Crippen LogP contribution in [-0.4, -0.2) is 49.3 Å². The SMILES string of the molecule is CSOON1CCNCC1OC(=O)C(F)(F)F. The van der Waals surface area contributed by atoms with Gasteiger partial charge < -0.3 is 10.1 Å². The second kappa shape index (κ2) is 6.40. The largest absolute Gasteiger partial charge is 0.490 e. The minimum Gasteiger partial charge on any atom is -0.436 e. The minimum absolute atomic E-state index is 0.0273. The van der Waals surface area contributed by atoms with Crippen molar-refractivity contribution >= 4 is 18.0 Å². The van der Waals surface area contributed by atoms with Gasteiger partial charge in [0.1, 0.15) is 0 Å². The Kier molecular flexibility index (Phi) is 5.46. The van der Waals surface area contributed by atoms with Crippen LogP contribution in [0, 0.1) is 0 Å². The minimum atomic E-state index is -5.02. The summed E-state index contributed by atoms with van der Waals surface area (Å²) in [4.78, 5) is 15.3. The topological polar surface area (TPSA) is 60.0 Å². The van der Waals surface area contributed by atoms with Gasteiger partial charge in [0.15, 0.2) is 6.23 Å². The fourth-order valence-corrected chi connectivity index (χ4v) is 1.25. The van der Waals surface area contributed by atoms with E-state index in [4.69, 9.17) is 0 Å². The molecule has 0 aromatic heterocycles. The lowest BCUT2D eigenvalue weighted by Crippen LogP contribution is -2.53. The molecule has 1 saturated heterocycles. The van der Waals surface area contributed by atoms with Crippen molar-refractivity contribution in [3.63, 3.8) is 0 Å². The highest BCUT2D eigenvalue weighted by Crippen LogP contribution is 2.19. The highest BCUT2D eigenvalue weighted by Gasteiger charge is 2.43. The number of halogens is 3. The van der Waals surface area contributed by atoms with Gasteiger partial charge >= 0.3 is 12.1 Å². The molecule has 100 valence electrons. The average Bonchev–Trinajstić information content (AvgIpc) is 2.26. The van der Waals surface area contributed by atoms with Gasteiger partial charge in [-0.3, -0.25) is 0 Å². The summed E-state index contributed by atoms with van der Waals surface area (Å²) < 4.78 is 44.7. The molecule has 1 heterocycles. The van der Waals surface area contributed by atoms with Crippen LogP contribution in [-0.2, 0) is 18.9 Å². The van der Waals surface area contributed by atoms with Crippen molar-refractivity contribution in [3.8, 4) is 0 Å². The van der Waals surface area contributed by atoms with Crippen LogP contribution < -0.4 is 5.32 Å². The van der Waals surface area contributed by atoms with Crippen molar-refractivity contribution in [1.29, 1.82) is 0 Å². The number of carbonyl (C=O) groups is 1. The van der Waals surface area contributed by atoms with Gasteiger partial charge in [-0.15, -0.1) is 14.4 Å². The summed E-state index contributed by atoms with van der Waals surface area (Å²) in [5, 5.41) is 3.79. The molecular weight excluding hydrogens is 265 g/mol. The molecule has 1 fully saturated rings. The Morgan fingerprint density at radius 2 is 2.24 bits per heavy atom. The molecule has 1 rings (SSSR count). The van der Waals surface area contributed by atoms with Crippen LogP contribution >= 0.6 is 12.0 Å². The number of nitrogens with zero attached hydrogens (tertiary/aromatic N) is 1. The van der Waals surface area contributed by atoms with Gasteiger partial charge in [-0.1, -0.05) is 0 Å². The van der Waals surface area contributed by atoms with Crippen LogP contribution in [0.1, 0.15) is 0 Å². The highest BCUT2D eigenvalue weighted by atomic mass is 32.2. The van der Waals surface area contributed by atoms with Gasteiger partial charge in [0.2, 0.25) is 0 Å². The fourth-order valence-electron chi connectivity index (χ4n) is 1.11. The predicted molar refractivity (Wildman–Crippen MR) is 51.2 cm³/mol. The number of nitrogens with one attached hydrogen (secondary N) is 1. The third kappa shape index (κ3) is 4.68. The standard InChI is InChI=1S/C7H11F3N2O4S/c1-17-16-15-12-3-2-11-4-5(12)14-6(13)7(8,9)10/h5,11H,2-4H2,1H3. The number of alkyl halides is 3. The summed E-state index contributed by atoms with van der Waals surface area (Å²) in [5.41, 5.74) is 0. The molecule has 0 amide bonds. The first kappa shape index (κ1) is 14.5. The lowest BCUT2D eigenvalue weighted by molar-refractivity contribution is -0.399. The van der Waals surface area contributed by atoms with E-state index in [0.717, 1.165) is 17.1 Å². The van der Waals surface area contributed by atoms with E-state index in [-0.39, 0.29) is 13.1 Å². The monoisotopic (exact) mass is 276 g/mol. The predicted octanol–water partition coefficient (Wildman–Crippen LogP) is 0.464. The van der Waals surface area contributed by atoms with E-state index in [0.29, 0.717) is 6.54 Å². The van der Waals surface area contributed by atoms with Crippen LogP contribution in [0.4, 0.5) is 13.2 Å². The maximum atomic E-state index is 12.0. The third-order valence-corrected chi connectivity index (χ3v) is 2.01. The molecule has 1 aliphatic rings. The van der Waals surface area contributed by atoms with Crippen molar-refractivity contribution in [1.82, 2.24) is 10.4 Å². The Hall–Kier alpha value is -0.550. The molecule has 17 heavy (non-hydrogen) atoms. The van der Waals surface area contributed by atoms with Crippen LogP contribution in [0.2, 0.25) is 0 Å². The average molecular weight is 276 g/mol. The fraction of sp³-hybridized carbons (Fsp3) is 0.857. The third-order valence-electron chi connectivity index (χ3n) is 1.82. The van der Waals surface area contributed by atoms with Crippen molar-refractivity contribution in [2.75, 3.05) is 25.9 Å². The molecule has 0 aromatic rings. The smallest absolute Gasteiger partial charge is 0.436 e. The number of piperazine rings is 1. The van der Waals surface area contributed by atoms with E-state index >= 15 is 0 Å². The second-order valence-corrected chi connectivity index (χ2v) is 3.48.